The van der Waals surface area contributed by atoms with E-state index < -0.39 is 0 Å². The van der Waals surface area contributed by atoms with E-state index in [1.165, 1.54) is 0 Å². The normalized spacial score (nSPS) is 11.8. The molecule has 0 spiro atoms. The Morgan fingerprint density at radius 2 is 2.20 bits per heavy atom. The zero-order valence-electron chi connectivity index (χ0n) is 5.75. The molecule has 0 aliphatic heterocycles. The van der Waals surface area contributed by atoms with Crippen LogP contribution in [0.15, 0.2) is 24.3 Å². The van der Waals surface area contributed by atoms with E-state index >= 15 is 0 Å². The third-order valence-corrected chi connectivity index (χ3v) is 1.13. The number of rotatable bonds is 1. The van der Waals surface area contributed by atoms with Crippen LogP contribution >= 0.6 is 0 Å². The first kappa shape index (κ1) is 10.3. The summed E-state index contributed by atoms with van der Waals surface area (Å²) in [6.45, 7) is 3.66. The van der Waals surface area contributed by atoms with Gasteiger partial charge in [-0.25, -0.2) is 0 Å². The molecule has 0 aliphatic carbocycles. The van der Waals surface area contributed by atoms with Gasteiger partial charge in [0.05, 0.1) is 0 Å². The van der Waals surface area contributed by atoms with Crippen molar-refractivity contribution in [3.8, 4) is 0 Å². The molecule has 1 nitrogen and oxygen atoms in total. The number of hydrogen-bond donors (Lipinski definition) is 1. The van der Waals surface area contributed by atoms with Crippen molar-refractivity contribution in [2.45, 2.75) is 6.04 Å². The van der Waals surface area contributed by atoms with E-state index in [1.807, 2.05) is 24.3 Å². The Balaban J connectivity index is 0.000000810. The summed E-state index contributed by atoms with van der Waals surface area (Å²) in [5.74, 6) is 0. The molecular formula is C8H9NY-2. The Bertz CT molecular complexity index is 172. The third-order valence-electron chi connectivity index (χ3n) is 1.13. The molecule has 0 amide bonds. The zero-order valence-corrected chi connectivity index (χ0v) is 8.59. The summed E-state index contributed by atoms with van der Waals surface area (Å²) in [5, 5.41) is 0. The van der Waals surface area contributed by atoms with E-state index in [4.69, 9.17) is 5.73 Å². The molecule has 0 aliphatic rings. The summed E-state index contributed by atoms with van der Waals surface area (Å²) in [7, 11) is 0. The quantitative estimate of drug-likeness (QED) is 0.692. The molecule has 0 saturated carbocycles. The second-order valence-corrected chi connectivity index (χ2v) is 1.92. The van der Waals surface area contributed by atoms with Gasteiger partial charge in [-0.3, -0.25) is 0 Å². The van der Waals surface area contributed by atoms with Gasteiger partial charge >= 0.3 is 0 Å². The Hall–Kier alpha value is 0.284. The summed E-state index contributed by atoms with van der Waals surface area (Å²) in [4.78, 5) is 0. The molecule has 1 radical (unpaired) electrons. The molecule has 1 aromatic carbocycles. The van der Waals surface area contributed by atoms with E-state index in [2.05, 4.69) is 13.0 Å². The third kappa shape index (κ3) is 2.91. The summed E-state index contributed by atoms with van der Waals surface area (Å²) < 4.78 is 0. The fourth-order valence-electron chi connectivity index (χ4n) is 0.638. The van der Waals surface area contributed by atoms with Crippen LogP contribution in [0.25, 0.3) is 0 Å². The Kier molecular flexibility index (Phi) is 5.15. The molecule has 0 unspecified atom stereocenters. The molecule has 51 valence electrons. The standard InChI is InChI=1S/C8H9N.Y/c1-7(9)8-5-3-2-4-6-8;/h2-5,7H,1,9H2;/q-2;/t7-;/m0./s1. The largest absolute Gasteiger partial charge is 0.355 e. The monoisotopic (exact) mass is 208 g/mol. The molecule has 1 atom stereocenters. The van der Waals surface area contributed by atoms with E-state index in [0.717, 1.165) is 5.56 Å². The van der Waals surface area contributed by atoms with Crippen molar-refractivity contribution in [3.05, 3.63) is 42.8 Å². The molecule has 0 saturated heterocycles. The van der Waals surface area contributed by atoms with Crippen molar-refractivity contribution in [3.63, 3.8) is 0 Å². The fourth-order valence-corrected chi connectivity index (χ4v) is 0.638. The molecule has 10 heavy (non-hydrogen) atoms. The molecule has 1 aromatic rings. The molecular weight excluding hydrogens is 199 g/mol. The first-order valence-electron chi connectivity index (χ1n) is 2.86. The predicted molar refractivity (Wildman–Crippen MR) is 37.6 cm³/mol. The van der Waals surface area contributed by atoms with E-state index in [0.29, 0.717) is 0 Å². The van der Waals surface area contributed by atoms with Crippen LogP contribution in [-0.4, -0.2) is 0 Å². The molecule has 0 heterocycles. The van der Waals surface area contributed by atoms with Crippen LogP contribution in [0.3, 0.4) is 0 Å². The minimum absolute atomic E-state index is 0. The maximum atomic E-state index is 5.47. The number of hydrogen-bond acceptors (Lipinski definition) is 1. The van der Waals surface area contributed by atoms with E-state index in [1.54, 1.807) is 0 Å². The van der Waals surface area contributed by atoms with Gasteiger partial charge in [0.25, 0.3) is 0 Å². The Morgan fingerprint density at radius 1 is 1.50 bits per heavy atom. The van der Waals surface area contributed by atoms with Crippen molar-refractivity contribution in [1.29, 1.82) is 0 Å². The summed E-state index contributed by atoms with van der Waals surface area (Å²) >= 11 is 0. The van der Waals surface area contributed by atoms with Crippen LogP contribution in [0.5, 0.6) is 0 Å². The average Bonchev–Trinajstić information content (AvgIpc) is 1.90. The summed E-state index contributed by atoms with van der Waals surface area (Å²) in [5.41, 5.74) is 6.43. The SMILES string of the molecule is [CH2-][C@H](N)c1[c-]cccc1.[Y]. The van der Waals surface area contributed by atoms with Crippen LogP contribution in [0, 0.1) is 13.0 Å². The second-order valence-electron chi connectivity index (χ2n) is 1.92. The van der Waals surface area contributed by atoms with E-state index in [9.17, 15) is 0 Å². The summed E-state index contributed by atoms with van der Waals surface area (Å²) in [6.07, 6.45) is 0. The van der Waals surface area contributed by atoms with Gasteiger partial charge in [0.15, 0.2) is 0 Å². The van der Waals surface area contributed by atoms with Gasteiger partial charge in [-0.05, 0) is 0 Å². The van der Waals surface area contributed by atoms with Crippen molar-refractivity contribution in [1.82, 2.24) is 0 Å². The number of nitrogens with two attached hydrogens (primary N) is 1. The molecule has 0 aromatic heterocycles. The minimum Gasteiger partial charge on any atom is -0.355 e. The van der Waals surface area contributed by atoms with Gasteiger partial charge in [-0.1, -0.05) is 0 Å². The van der Waals surface area contributed by atoms with Gasteiger partial charge in [0.1, 0.15) is 0 Å². The molecule has 0 fully saturated rings. The molecule has 2 N–H and O–H groups in total. The predicted octanol–water partition coefficient (Wildman–Crippen LogP) is 1.32. The smallest absolute Gasteiger partial charge is 0 e. The van der Waals surface area contributed by atoms with Crippen LogP contribution in [-0.2, 0) is 32.7 Å². The summed E-state index contributed by atoms with van der Waals surface area (Å²) in [6, 6.07) is 10.4. The van der Waals surface area contributed by atoms with Gasteiger partial charge in [-0.2, -0.15) is 35.9 Å². The van der Waals surface area contributed by atoms with Crippen LogP contribution < -0.4 is 5.73 Å². The van der Waals surface area contributed by atoms with Gasteiger partial charge < -0.3 is 12.7 Å². The van der Waals surface area contributed by atoms with E-state index in [-0.39, 0.29) is 38.8 Å². The topological polar surface area (TPSA) is 26.0 Å². The Morgan fingerprint density at radius 3 is 2.50 bits per heavy atom. The molecule has 2 heteroatoms. The maximum absolute atomic E-state index is 5.47. The minimum atomic E-state index is -0.147. The fraction of sp³-hybridized carbons (Fsp3) is 0.125. The maximum Gasteiger partial charge on any atom is 0 e. The van der Waals surface area contributed by atoms with Crippen molar-refractivity contribution in [2.24, 2.45) is 5.73 Å². The second kappa shape index (κ2) is 5.00. The number of benzene rings is 1. The first-order chi connectivity index (χ1) is 4.30. The van der Waals surface area contributed by atoms with Gasteiger partial charge in [-0.15, -0.1) is 6.04 Å². The molecule has 0 bridgehead atoms. The van der Waals surface area contributed by atoms with Crippen molar-refractivity contribution >= 4 is 0 Å². The average molecular weight is 208 g/mol. The van der Waals surface area contributed by atoms with Gasteiger partial charge in [0.2, 0.25) is 0 Å². The van der Waals surface area contributed by atoms with Crippen LogP contribution in [0.4, 0.5) is 0 Å². The first-order valence-corrected chi connectivity index (χ1v) is 2.86. The van der Waals surface area contributed by atoms with Gasteiger partial charge in [0, 0.05) is 32.7 Å². The zero-order chi connectivity index (χ0) is 6.69. The van der Waals surface area contributed by atoms with Crippen molar-refractivity contribution in [2.75, 3.05) is 0 Å². The molecule has 1 rings (SSSR count). The van der Waals surface area contributed by atoms with Crippen LogP contribution in [0.1, 0.15) is 11.6 Å². The van der Waals surface area contributed by atoms with Crippen LogP contribution in [0.2, 0.25) is 0 Å². The Labute approximate surface area is 86.9 Å². The van der Waals surface area contributed by atoms with Crippen molar-refractivity contribution < 1.29 is 32.7 Å².